The Balaban J connectivity index is 2.86. The van der Waals surface area contributed by atoms with E-state index in [4.69, 9.17) is 5.11 Å². The van der Waals surface area contributed by atoms with E-state index in [0.29, 0.717) is 6.54 Å². The zero-order valence-electron chi connectivity index (χ0n) is 10.6. The van der Waals surface area contributed by atoms with Crippen molar-refractivity contribution in [1.82, 2.24) is 14.7 Å². The third kappa shape index (κ3) is 2.74. The predicted octanol–water partition coefficient (Wildman–Crippen LogP) is 0.584. The molecule has 0 saturated heterocycles. The highest BCUT2D eigenvalue weighted by atomic mass is 16.3. The fourth-order valence-electron chi connectivity index (χ4n) is 1.92. The molecular formula is C11H22N4O. The summed E-state index contributed by atoms with van der Waals surface area (Å²) in [6.45, 7) is 6.77. The van der Waals surface area contributed by atoms with Gasteiger partial charge in [0.1, 0.15) is 5.82 Å². The fraction of sp³-hybridized carbons (Fsp3) is 0.727. The zero-order chi connectivity index (χ0) is 12.1. The van der Waals surface area contributed by atoms with Crippen LogP contribution in [0.4, 0.5) is 5.82 Å². The summed E-state index contributed by atoms with van der Waals surface area (Å²) in [6.07, 6.45) is 0. The lowest BCUT2D eigenvalue weighted by Gasteiger charge is -2.19. The Labute approximate surface area is 97.1 Å². The molecule has 5 heteroatoms. The second-order valence-corrected chi connectivity index (χ2v) is 3.88. The van der Waals surface area contributed by atoms with Crippen LogP contribution in [0.25, 0.3) is 0 Å². The molecule has 0 unspecified atom stereocenters. The number of rotatable bonds is 6. The monoisotopic (exact) mass is 226 g/mol. The van der Waals surface area contributed by atoms with E-state index in [1.54, 1.807) is 0 Å². The summed E-state index contributed by atoms with van der Waals surface area (Å²) in [5, 5.41) is 16.5. The van der Waals surface area contributed by atoms with Gasteiger partial charge in [-0.1, -0.05) is 6.92 Å². The SMILES string of the molecule is CCN(CCO)Cc1c(C)nn(C)c1NC. The van der Waals surface area contributed by atoms with Crippen molar-refractivity contribution in [3.63, 3.8) is 0 Å². The van der Waals surface area contributed by atoms with E-state index in [1.807, 2.05) is 25.7 Å². The molecule has 0 radical (unpaired) electrons. The molecule has 0 amide bonds. The van der Waals surface area contributed by atoms with Crippen LogP contribution in [0, 0.1) is 6.92 Å². The Kier molecular flexibility index (Phi) is 4.76. The first-order chi connectivity index (χ1) is 7.63. The molecule has 0 aliphatic rings. The van der Waals surface area contributed by atoms with E-state index in [9.17, 15) is 0 Å². The number of hydrogen-bond acceptors (Lipinski definition) is 4. The van der Waals surface area contributed by atoms with Crippen molar-refractivity contribution < 1.29 is 5.11 Å². The summed E-state index contributed by atoms with van der Waals surface area (Å²) in [7, 11) is 3.84. The van der Waals surface area contributed by atoms with Crippen LogP contribution in [0.3, 0.4) is 0 Å². The van der Waals surface area contributed by atoms with Crippen LogP contribution in [0.5, 0.6) is 0 Å². The minimum Gasteiger partial charge on any atom is -0.395 e. The van der Waals surface area contributed by atoms with Gasteiger partial charge >= 0.3 is 0 Å². The molecule has 92 valence electrons. The second-order valence-electron chi connectivity index (χ2n) is 3.88. The maximum atomic E-state index is 8.97. The van der Waals surface area contributed by atoms with Gasteiger partial charge in [0.2, 0.25) is 0 Å². The quantitative estimate of drug-likeness (QED) is 0.745. The van der Waals surface area contributed by atoms with Crippen molar-refractivity contribution in [3.05, 3.63) is 11.3 Å². The number of nitrogens with one attached hydrogen (secondary N) is 1. The number of anilines is 1. The Morgan fingerprint density at radius 1 is 1.50 bits per heavy atom. The molecule has 0 fully saturated rings. The maximum absolute atomic E-state index is 8.97. The lowest BCUT2D eigenvalue weighted by molar-refractivity contribution is 0.197. The van der Waals surface area contributed by atoms with Crippen LogP contribution < -0.4 is 5.32 Å². The van der Waals surface area contributed by atoms with Gasteiger partial charge in [-0.3, -0.25) is 9.58 Å². The van der Waals surface area contributed by atoms with E-state index in [0.717, 1.165) is 24.6 Å². The van der Waals surface area contributed by atoms with E-state index in [1.165, 1.54) is 5.56 Å². The molecule has 16 heavy (non-hydrogen) atoms. The largest absolute Gasteiger partial charge is 0.395 e. The lowest BCUT2D eigenvalue weighted by Crippen LogP contribution is -2.26. The van der Waals surface area contributed by atoms with Crippen molar-refractivity contribution in [2.45, 2.75) is 20.4 Å². The van der Waals surface area contributed by atoms with Gasteiger partial charge in [-0.15, -0.1) is 0 Å². The second kappa shape index (κ2) is 5.86. The summed E-state index contributed by atoms with van der Waals surface area (Å²) in [6, 6.07) is 0. The van der Waals surface area contributed by atoms with E-state index >= 15 is 0 Å². The normalized spacial score (nSPS) is 11.1. The zero-order valence-corrected chi connectivity index (χ0v) is 10.6. The summed E-state index contributed by atoms with van der Waals surface area (Å²) >= 11 is 0. The molecule has 1 aromatic heterocycles. The molecule has 0 atom stereocenters. The van der Waals surface area contributed by atoms with Gasteiger partial charge in [-0.05, 0) is 13.5 Å². The van der Waals surface area contributed by atoms with Gasteiger partial charge in [0.15, 0.2) is 0 Å². The highest BCUT2D eigenvalue weighted by Crippen LogP contribution is 2.19. The highest BCUT2D eigenvalue weighted by Gasteiger charge is 2.14. The minimum atomic E-state index is 0.196. The third-order valence-corrected chi connectivity index (χ3v) is 2.83. The number of aliphatic hydroxyl groups excluding tert-OH is 1. The Morgan fingerprint density at radius 3 is 2.69 bits per heavy atom. The summed E-state index contributed by atoms with van der Waals surface area (Å²) in [5.41, 5.74) is 2.25. The number of nitrogens with zero attached hydrogens (tertiary/aromatic N) is 3. The third-order valence-electron chi connectivity index (χ3n) is 2.83. The predicted molar refractivity (Wildman–Crippen MR) is 65.5 cm³/mol. The molecule has 0 saturated carbocycles. The van der Waals surface area contributed by atoms with Crippen LogP contribution in [-0.2, 0) is 13.6 Å². The Morgan fingerprint density at radius 2 is 2.19 bits per heavy atom. The van der Waals surface area contributed by atoms with E-state index < -0.39 is 0 Å². The fourth-order valence-corrected chi connectivity index (χ4v) is 1.92. The van der Waals surface area contributed by atoms with E-state index in [2.05, 4.69) is 22.2 Å². The Hall–Kier alpha value is -1.07. The molecular weight excluding hydrogens is 204 g/mol. The van der Waals surface area contributed by atoms with Gasteiger partial charge in [0, 0.05) is 32.7 Å². The highest BCUT2D eigenvalue weighted by molar-refractivity contribution is 5.46. The van der Waals surface area contributed by atoms with Gasteiger partial charge in [-0.2, -0.15) is 5.10 Å². The molecule has 5 nitrogen and oxygen atoms in total. The standard InChI is InChI=1S/C11H22N4O/c1-5-15(6-7-16)8-10-9(2)13-14(4)11(10)12-3/h12,16H,5-8H2,1-4H3. The first kappa shape index (κ1) is 13.0. The van der Waals surface area contributed by atoms with Crippen LogP contribution in [0.15, 0.2) is 0 Å². The van der Waals surface area contributed by atoms with Crippen molar-refractivity contribution in [2.24, 2.45) is 7.05 Å². The van der Waals surface area contributed by atoms with Gasteiger partial charge in [0.05, 0.1) is 12.3 Å². The van der Waals surface area contributed by atoms with Crippen LogP contribution >= 0.6 is 0 Å². The molecule has 1 rings (SSSR count). The van der Waals surface area contributed by atoms with Gasteiger partial charge in [0.25, 0.3) is 0 Å². The Bertz CT molecular complexity index is 335. The van der Waals surface area contributed by atoms with Crippen molar-refractivity contribution in [2.75, 3.05) is 32.1 Å². The summed E-state index contributed by atoms with van der Waals surface area (Å²) < 4.78 is 1.86. The molecule has 0 bridgehead atoms. The first-order valence-electron chi connectivity index (χ1n) is 5.67. The molecule has 0 spiro atoms. The van der Waals surface area contributed by atoms with Crippen molar-refractivity contribution >= 4 is 5.82 Å². The van der Waals surface area contributed by atoms with Crippen LogP contribution in [0.2, 0.25) is 0 Å². The van der Waals surface area contributed by atoms with Gasteiger partial charge in [-0.25, -0.2) is 0 Å². The van der Waals surface area contributed by atoms with Crippen LogP contribution in [0.1, 0.15) is 18.2 Å². The molecule has 1 heterocycles. The number of hydrogen-bond donors (Lipinski definition) is 2. The minimum absolute atomic E-state index is 0.196. The number of aliphatic hydroxyl groups is 1. The van der Waals surface area contributed by atoms with Crippen molar-refractivity contribution in [3.8, 4) is 0 Å². The van der Waals surface area contributed by atoms with Crippen molar-refractivity contribution in [1.29, 1.82) is 0 Å². The lowest BCUT2D eigenvalue weighted by atomic mass is 10.2. The average molecular weight is 226 g/mol. The average Bonchev–Trinajstić information content (AvgIpc) is 2.52. The maximum Gasteiger partial charge on any atom is 0.128 e. The summed E-state index contributed by atoms with van der Waals surface area (Å²) in [5.74, 6) is 1.05. The molecule has 2 N–H and O–H groups in total. The molecule has 1 aromatic rings. The number of likely N-dealkylation sites (N-methyl/N-ethyl adjacent to an activating group) is 1. The van der Waals surface area contributed by atoms with Gasteiger partial charge < -0.3 is 10.4 Å². The molecule has 0 aliphatic heterocycles. The molecule has 0 aromatic carbocycles. The van der Waals surface area contributed by atoms with E-state index in [-0.39, 0.29) is 6.61 Å². The topological polar surface area (TPSA) is 53.3 Å². The first-order valence-corrected chi connectivity index (χ1v) is 5.67. The van der Waals surface area contributed by atoms with Crippen LogP contribution in [-0.4, -0.2) is 46.5 Å². The summed E-state index contributed by atoms with van der Waals surface area (Å²) in [4.78, 5) is 2.20. The molecule has 0 aliphatic carbocycles. The smallest absolute Gasteiger partial charge is 0.128 e. The number of aromatic nitrogens is 2. The number of aryl methyl sites for hydroxylation is 2.